The highest BCUT2D eigenvalue weighted by Gasteiger charge is 2.14. The molecule has 0 amide bonds. The molecule has 0 heterocycles. The topological polar surface area (TPSA) is 53.1 Å². The van der Waals surface area contributed by atoms with Crippen molar-refractivity contribution in [3.63, 3.8) is 0 Å². The molecule has 1 aromatic rings. The van der Waals surface area contributed by atoms with E-state index in [9.17, 15) is 4.39 Å². The Morgan fingerprint density at radius 1 is 1.50 bits per heavy atom. The summed E-state index contributed by atoms with van der Waals surface area (Å²) in [5.41, 5.74) is 5.24. The Bertz CT molecular complexity index is 358. The van der Waals surface area contributed by atoms with E-state index in [-0.39, 0.29) is 21.7 Å². The number of hydrogen-bond acceptors (Lipinski definition) is 1. The Hall–Kier alpha value is -1.000. The van der Waals surface area contributed by atoms with Gasteiger partial charge in [0.1, 0.15) is 5.82 Å². The quantitative estimate of drug-likeness (QED) is 0.581. The van der Waals surface area contributed by atoms with Crippen molar-refractivity contribution in [2.75, 3.05) is 11.9 Å². The Labute approximate surface area is 90.7 Å². The van der Waals surface area contributed by atoms with E-state index in [1.807, 2.05) is 0 Å². The van der Waals surface area contributed by atoms with Gasteiger partial charge in [-0.25, -0.2) is 4.39 Å². The molecule has 0 aliphatic carbocycles. The van der Waals surface area contributed by atoms with Crippen molar-refractivity contribution >= 4 is 34.8 Å². The second kappa shape index (κ2) is 4.02. The molecule has 3 N–H and O–H groups in total. The third kappa shape index (κ3) is 2.08. The van der Waals surface area contributed by atoms with Crippen LogP contribution in [0.25, 0.3) is 0 Å². The number of nitrogens with one attached hydrogen (secondary N) is 1. The van der Waals surface area contributed by atoms with Crippen LogP contribution >= 0.6 is 23.2 Å². The van der Waals surface area contributed by atoms with Crippen LogP contribution in [0.1, 0.15) is 0 Å². The minimum atomic E-state index is -0.611. The van der Waals surface area contributed by atoms with Gasteiger partial charge in [-0.05, 0) is 12.1 Å². The van der Waals surface area contributed by atoms with Gasteiger partial charge in [0.25, 0.3) is 0 Å². The van der Waals surface area contributed by atoms with Crippen molar-refractivity contribution in [3.05, 3.63) is 28.0 Å². The molecule has 6 heteroatoms. The molecule has 0 unspecified atom stereocenters. The van der Waals surface area contributed by atoms with E-state index in [0.717, 1.165) is 11.0 Å². The van der Waals surface area contributed by atoms with E-state index in [4.69, 9.17) is 34.3 Å². The molecule has 0 fully saturated rings. The summed E-state index contributed by atoms with van der Waals surface area (Å²) in [6.07, 6.45) is 0. The van der Waals surface area contributed by atoms with E-state index >= 15 is 0 Å². The van der Waals surface area contributed by atoms with Crippen molar-refractivity contribution in [3.8, 4) is 0 Å². The first kappa shape index (κ1) is 11.1. The zero-order valence-electron chi connectivity index (χ0n) is 7.31. The fourth-order valence-electron chi connectivity index (χ4n) is 0.975. The number of benzene rings is 1. The fraction of sp³-hybridized carbons (Fsp3) is 0.125. The monoisotopic (exact) mass is 235 g/mol. The number of anilines is 1. The zero-order valence-corrected chi connectivity index (χ0v) is 8.83. The average molecular weight is 236 g/mol. The Morgan fingerprint density at radius 3 is 2.50 bits per heavy atom. The van der Waals surface area contributed by atoms with Gasteiger partial charge in [0.15, 0.2) is 5.96 Å². The lowest BCUT2D eigenvalue weighted by molar-refractivity contribution is 0.628. The maximum absolute atomic E-state index is 13.4. The summed E-state index contributed by atoms with van der Waals surface area (Å²) in [5, 5.41) is 7.45. The van der Waals surface area contributed by atoms with Crippen molar-refractivity contribution in [1.29, 1.82) is 5.41 Å². The van der Waals surface area contributed by atoms with Crippen LogP contribution in [0.4, 0.5) is 10.1 Å². The molecular formula is C8H8Cl2FN3. The standard InChI is InChI=1S/C8H8Cl2FN3/c1-14(8(12)13)7-5(10)2-4(9)3-6(7)11/h2-3H,1H3,(H3,12,13). The van der Waals surface area contributed by atoms with E-state index < -0.39 is 5.82 Å². The highest BCUT2D eigenvalue weighted by molar-refractivity contribution is 6.36. The molecule has 0 spiro atoms. The van der Waals surface area contributed by atoms with Gasteiger partial charge in [-0.2, -0.15) is 0 Å². The second-order valence-electron chi connectivity index (χ2n) is 2.66. The highest BCUT2D eigenvalue weighted by Crippen LogP contribution is 2.31. The van der Waals surface area contributed by atoms with Gasteiger partial charge < -0.3 is 10.6 Å². The second-order valence-corrected chi connectivity index (χ2v) is 3.51. The molecule has 0 saturated carbocycles. The van der Waals surface area contributed by atoms with Gasteiger partial charge in [-0.1, -0.05) is 23.2 Å². The van der Waals surface area contributed by atoms with Crippen LogP contribution in [0, 0.1) is 11.2 Å². The third-order valence-corrected chi connectivity index (χ3v) is 2.18. The molecule has 0 aliphatic heterocycles. The first-order valence-electron chi connectivity index (χ1n) is 3.65. The summed E-state index contributed by atoms with van der Waals surface area (Å²) in [6, 6.07) is 2.50. The number of nitrogens with zero attached hydrogens (tertiary/aromatic N) is 1. The van der Waals surface area contributed by atoms with Crippen molar-refractivity contribution in [1.82, 2.24) is 0 Å². The van der Waals surface area contributed by atoms with Crippen molar-refractivity contribution in [2.45, 2.75) is 0 Å². The molecule has 0 bridgehead atoms. The Morgan fingerprint density at radius 2 is 2.07 bits per heavy atom. The molecule has 0 aliphatic rings. The minimum Gasteiger partial charge on any atom is -0.370 e. The SMILES string of the molecule is CN(C(=N)N)c1c(F)cc(Cl)cc1Cl. The number of rotatable bonds is 1. The molecule has 76 valence electrons. The zero-order chi connectivity index (χ0) is 10.9. The van der Waals surface area contributed by atoms with Gasteiger partial charge in [-0.15, -0.1) is 0 Å². The van der Waals surface area contributed by atoms with Crippen LogP contribution in [-0.4, -0.2) is 13.0 Å². The van der Waals surface area contributed by atoms with Gasteiger partial charge in [0, 0.05) is 12.1 Å². The smallest absolute Gasteiger partial charge is 0.192 e. The first-order valence-corrected chi connectivity index (χ1v) is 4.41. The highest BCUT2D eigenvalue weighted by atomic mass is 35.5. The van der Waals surface area contributed by atoms with Crippen molar-refractivity contribution in [2.24, 2.45) is 5.73 Å². The first-order chi connectivity index (χ1) is 6.43. The number of halogens is 3. The summed E-state index contributed by atoms with van der Waals surface area (Å²) in [5.74, 6) is -0.909. The van der Waals surface area contributed by atoms with Crippen LogP contribution in [-0.2, 0) is 0 Å². The van der Waals surface area contributed by atoms with Gasteiger partial charge in [0.2, 0.25) is 0 Å². The maximum Gasteiger partial charge on any atom is 0.192 e. The average Bonchev–Trinajstić information content (AvgIpc) is 2.01. The number of nitrogens with two attached hydrogens (primary N) is 1. The van der Waals surface area contributed by atoms with Crippen LogP contribution in [0.2, 0.25) is 10.0 Å². The van der Waals surface area contributed by atoms with E-state index in [2.05, 4.69) is 0 Å². The molecule has 0 radical (unpaired) electrons. The lowest BCUT2D eigenvalue weighted by Gasteiger charge is -2.18. The lowest BCUT2D eigenvalue weighted by Crippen LogP contribution is -2.33. The lowest BCUT2D eigenvalue weighted by atomic mass is 10.3. The van der Waals surface area contributed by atoms with Crippen LogP contribution in [0.5, 0.6) is 0 Å². The van der Waals surface area contributed by atoms with Gasteiger partial charge in [-0.3, -0.25) is 5.41 Å². The van der Waals surface area contributed by atoms with E-state index in [0.29, 0.717) is 0 Å². The normalized spacial score (nSPS) is 10.0. The van der Waals surface area contributed by atoms with Crippen LogP contribution in [0.15, 0.2) is 12.1 Å². The number of hydrogen-bond donors (Lipinski definition) is 2. The van der Waals surface area contributed by atoms with Crippen LogP contribution < -0.4 is 10.6 Å². The predicted octanol–water partition coefficient (Wildman–Crippen LogP) is 2.46. The largest absolute Gasteiger partial charge is 0.370 e. The fourth-order valence-corrected chi connectivity index (χ4v) is 1.57. The molecule has 0 aromatic heterocycles. The molecule has 1 aromatic carbocycles. The Balaban J connectivity index is 3.27. The Kier molecular flexibility index (Phi) is 3.18. The summed E-state index contributed by atoms with van der Waals surface area (Å²) >= 11 is 11.3. The molecule has 0 atom stereocenters. The predicted molar refractivity (Wildman–Crippen MR) is 56.7 cm³/mol. The molecule has 1 rings (SSSR count). The van der Waals surface area contributed by atoms with E-state index in [1.165, 1.54) is 13.1 Å². The minimum absolute atomic E-state index is 0.0450. The van der Waals surface area contributed by atoms with E-state index in [1.54, 1.807) is 0 Å². The van der Waals surface area contributed by atoms with Gasteiger partial charge >= 0.3 is 0 Å². The summed E-state index contributed by atoms with van der Waals surface area (Å²) in [4.78, 5) is 1.13. The number of guanidine groups is 1. The van der Waals surface area contributed by atoms with Crippen LogP contribution in [0.3, 0.4) is 0 Å². The molecule has 14 heavy (non-hydrogen) atoms. The summed E-state index contributed by atoms with van der Waals surface area (Å²) < 4.78 is 13.4. The molecular weight excluding hydrogens is 228 g/mol. The molecule has 0 saturated heterocycles. The maximum atomic E-state index is 13.4. The summed E-state index contributed by atoms with van der Waals surface area (Å²) in [7, 11) is 1.44. The molecule has 3 nitrogen and oxygen atoms in total. The van der Waals surface area contributed by atoms with Crippen molar-refractivity contribution < 1.29 is 4.39 Å². The summed E-state index contributed by atoms with van der Waals surface area (Å²) in [6.45, 7) is 0. The van der Waals surface area contributed by atoms with Gasteiger partial charge in [0.05, 0.1) is 10.7 Å². The third-order valence-electron chi connectivity index (χ3n) is 1.68.